The second-order valence-corrected chi connectivity index (χ2v) is 5.97. The van der Waals surface area contributed by atoms with Crippen LogP contribution in [0.4, 0.5) is 0 Å². The molecule has 1 aliphatic heterocycles. The summed E-state index contributed by atoms with van der Waals surface area (Å²) in [6, 6.07) is 5.41. The monoisotopic (exact) mass is 329 g/mol. The number of carbonyl (C=O) groups is 1. The van der Waals surface area contributed by atoms with Crippen molar-refractivity contribution >= 4 is 5.91 Å². The Kier molecular flexibility index (Phi) is 4.85. The third-order valence-corrected chi connectivity index (χ3v) is 4.39. The highest BCUT2D eigenvalue weighted by molar-refractivity contribution is 5.96. The first-order valence-corrected chi connectivity index (χ1v) is 8.21. The fraction of sp³-hybridized carbons (Fsp3) is 0.444. The number of aromatic nitrogens is 2. The molecule has 0 radical (unpaired) electrons. The number of rotatable bonds is 5. The summed E-state index contributed by atoms with van der Waals surface area (Å²) < 4.78 is 12.9. The van der Waals surface area contributed by atoms with Crippen molar-refractivity contribution in [2.24, 2.45) is 0 Å². The Morgan fingerprint density at radius 1 is 1.50 bits per heavy atom. The molecule has 1 fully saturated rings. The lowest BCUT2D eigenvalue weighted by Crippen LogP contribution is -2.37. The van der Waals surface area contributed by atoms with E-state index in [1.54, 1.807) is 19.2 Å². The van der Waals surface area contributed by atoms with Gasteiger partial charge in [0, 0.05) is 30.5 Å². The predicted molar refractivity (Wildman–Crippen MR) is 90.2 cm³/mol. The summed E-state index contributed by atoms with van der Waals surface area (Å²) in [6.45, 7) is 5.40. The van der Waals surface area contributed by atoms with E-state index >= 15 is 0 Å². The summed E-state index contributed by atoms with van der Waals surface area (Å²) >= 11 is 0. The van der Waals surface area contributed by atoms with Gasteiger partial charge >= 0.3 is 0 Å². The number of nitrogens with one attached hydrogen (secondary N) is 1. The maximum atomic E-state index is 12.6. The van der Waals surface area contributed by atoms with Crippen molar-refractivity contribution in [1.82, 2.24) is 15.1 Å². The molecular weight excluding hydrogens is 306 g/mol. The molecule has 0 spiro atoms. The molecule has 1 N–H and O–H groups in total. The third-order valence-electron chi connectivity index (χ3n) is 4.39. The molecule has 6 nitrogen and oxygen atoms in total. The zero-order valence-electron chi connectivity index (χ0n) is 14.3. The molecule has 128 valence electrons. The molecule has 2 heterocycles. The zero-order chi connectivity index (χ0) is 17.1. The highest BCUT2D eigenvalue weighted by atomic mass is 16.5. The van der Waals surface area contributed by atoms with E-state index in [4.69, 9.17) is 9.47 Å². The first-order chi connectivity index (χ1) is 11.6. The molecule has 0 bridgehead atoms. The summed E-state index contributed by atoms with van der Waals surface area (Å²) in [4.78, 5) is 12.6. The van der Waals surface area contributed by atoms with Crippen LogP contribution in [-0.2, 0) is 11.3 Å². The van der Waals surface area contributed by atoms with Crippen molar-refractivity contribution in [2.45, 2.75) is 39.0 Å². The summed E-state index contributed by atoms with van der Waals surface area (Å²) in [5.41, 5.74) is 2.55. The van der Waals surface area contributed by atoms with Crippen LogP contribution < -0.4 is 10.1 Å². The van der Waals surface area contributed by atoms with E-state index in [0.29, 0.717) is 12.2 Å². The number of methoxy groups -OCH3 is 1. The van der Waals surface area contributed by atoms with E-state index in [-0.39, 0.29) is 18.1 Å². The van der Waals surface area contributed by atoms with Gasteiger partial charge in [-0.15, -0.1) is 0 Å². The normalized spacial score (nSPS) is 20.1. The SMILES string of the molecule is CCn1cc([C@H]2OCC[C@@H]2NC(=O)c2ccc(OC)cc2C)cn1. The predicted octanol–water partition coefficient (Wildman–Crippen LogP) is 2.48. The Balaban J connectivity index is 1.73. The number of carbonyl (C=O) groups excluding carboxylic acids is 1. The van der Waals surface area contributed by atoms with Crippen LogP contribution >= 0.6 is 0 Å². The van der Waals surface area contributed by atoms with Gasteiger partial charge in [0.1, 0.15) is 11.9 Å². The van der Waals surface area contributed by atoms with Crippen molar-refractivity contribution < 1.29 is 14.3 Å². The van der Waals surface area contributed by atoms with Crippen molar-refractivity contribution in [3.05, 3.63) is 47.3 Å². The standard InChI is InChI=1S/C18H23N3O3/c1-4-21-11-13(10-19-21)17-16(7-8-24-17)20-18(22)15-6-5-14(23-3)9-12(15)2/h5-6,9-11,16-17H,4,7-8H2,1-3H3,(H,20,22)/t16-,17+/m0/s1. The molecule has 2 atom stereocenters. The number of hydrogen-bond acceptors (Lipinski definition) is 4. The van der Waals surface area contributed by atoms with Crippen LogP contribution in [0, 0.1) is 6.92 Å². The second-order valence-electron chi connectivity index (χ2n) is 5.97. The third kappa shape index (κ3) is 3.28. The number of hydrogen-bond donors (Lipinski definition) is 1. The first kappa shape index (κ1) is 16.5. The quantitative estimate of drug-likeness (QED) is 0.915. The Hall–Kier alpha value is -2.34. The molecule has 24 heavy (non-hydrogen) atoms. The molecule has 0 unspecified atom stereocenters. The minimum Gasteiger partial charge on any atom is -0.497 e. The van der Waals surface area contributed by atoms with Crippen LogP contribution in [0.3, 0.4) is 0 Å². The number of benzene rings is 1. The van der Waals surface area contributed by atoms with Gasteiger partial charge in [-0.05, 0) is 44.0 Å². The van der Waals surface area contributed by atoms with Gasteiger partial charge in [-0.2, -0.15) is 5.10 Å². The van der Waals surface area contributed by atoms with Crippen LogP contribution in [-0.4, -0.2) is 35.4 Å². The molecule has 0 saturated carbocycles. The van der Waals surface area contributed by atoms with E-state index in [1.165, 1.54) is 0 Å². The Bertz CT molecular complexity index is 726. The highest BCUT2D eigenvalue weighted by Gasteiger charge is 2.32. The van der Waals surface area contributed by atoms with Gasteiger partial charge in [0.2, 0.25) is 0 Å². The van der Waals surface area contributed by atoms with Gasteiger partial charge in [0.15, 0.2) is 0 Å². The number of aryl methyl sites for hydroxylation is 2. The van der Waals surface area contributed by atoms with Crippen LogP contribution in [0.2, 0.25) is 0 Å². The summed E-state index contributed by atoms with van der Waals surface area (Å²) in [5.74, 6) is 0.664. The van der Waals surface area contributed by atoms with E-state index in [0.717, 1.165) is 29.8 Å². The Morgan fingerprint density at radius 2 is 2.33 bits per heavy atom. The summed E-state index contributed by atoms with van der Waals surface area (Å²) in [6.07, 6.45) is 4.45. The van der Waals surface area contributed by atoms with Crippen LogP contribution in [0.5, 0.6) is 5.75 Å². The van der Waals surface area contributed by atoms with Crippen molar-refractivity contribution in [3.63, 3.8) is 0 Å². The molecule has 1 aromatic carbocycles. The van der Waals surface area contributed by atoms with Gasteiger partial charge in [-0.3, -0.25) is 9.48 Å². The van der Waals surface area contributed by atoms with E-state index in [9.17, 15) is 4.79 Å². The molecule has 3 rings (SSSR count). The summed E-state index contributed by atoms with van der Waals surface area (Å²) in [5, 5.41) is 7.40. The molecule has 1 amide bonds. The Labute approximate surface area is 141 Å². The number of nitrogens with zero attached hydrogens (tertiary/aromatic N) is 2. The fourth-order valence-corrected chi connectivity index (χ4v) is 3.03. The largest absolute Gasteiger partial charge is 0.497 e. The van der Waals surface area contributed by atoms with Crippen molar-refractivity contribution in [2.75, 3.05) is 13.7 Å². The molecule has 0 aliphatic carbocycles. The minimum absolute atomic E-state index is 0.0477. The maximum Gasteiger partial charge on any atom is 0.251 e. The van der Waals surface area contributed by atoms with E-state index in [2.05, 4.69) is 10.4 Å². The topological polar surface area (TPSA) is 65.4 Å². The first-order valence-electron chi connectivity index (χ1n) is 8.21. The van der Waals surface area contributed by atoms with Gasteiger partial charge in [-0.25, -0.2) is 0 Å². The van der Waals surface area contributed by atoms with Crippen LogP contribution in [0.1, 0.15) is 40.9 Å². The molecular formula is C18H23N3O3. The van der Waals surface area contributed by atoms with Crippen LogP contribution in [0.15, 0.2) is 30.6 Å². The lowest BCUT2D eigenvalue weighted by atomic mass is 10.0. The fourth-order valence-electron chi connectivity index (χ4n) is 3.03. The lowest BCUT2D eigenvalue weighted by molar-refractivity contribution is 0.0821. The van der Waals surface area contributed by atoms with E-state index in [1.807, 2.05) is 37.0 Å². The molecule has 1 saturated heterocycles. The Morgan fingerprint density at radius 3 is 3.00 bits per heavy atom. The molecule has 1 aromatic heterocycles. The molecule has 1 aliphatic rings. The van der Waals surface area contributed by atoms with E-state index < -0.39 is 0 Å². The average Bonchev–Trinajstić information content (AvgIpc) is 3.23. The van der Waals surface area contributed by atoms with Crippen molar-refractivity contribution in [3.8, 4) is 5.75 Å². The number of amides is 1. The lowest BCUT2D eigenvalue weighted by Gasteiger charge is -2.19. The van der Waals surface area contributed by atoms with Crippen LogP contribution in [0.25, 0.3) is 0 Å². The van der Waals surface area contributed by atoms with Crippen molar-refractivity contribution in [1.29, 1.82) is 0 Å². The number of ether oxygens (including phenoxy) is 2. The van der Waals surface area contributed by atoms with Gasteiger partial charge < -0.3 is 14.8 Å². The average molecular weight is 329 g/mol. The minimum atomic E-state index is -0.146. The highest BCUT2D eigenvalue weighted by Crippen LogP contribution is 2.29. The maximum absolute atomic E-state index is 12.6. The van der Waals surface area contributed by atoms with Gasteiger partial charge in [0.05, 0.1) is 19.3 Å². The smallest absolute Gasteiger partial charge is 0.251 e. The summed E-state index contributed by atoms with van der Waals surface area (Å²) in [7, 11) is 1.62. The zero-order valence-corrected chi connectivity index (χ0v) is 14.3. The molecule has 6 heteroatoms. The second kappa shape index (κ2) is 7.05. The van der Waals surface area contributed by atoms with Gasteiger partial charge in [-0.1, -0.05) is 0 Å². The van der Waals surface area contributed by atoms with Gasteiger partial charge in [0.25, 0.3) is 5.91 Å². The molecule has 2 aromatic rings.